The number of nitrogens with zero attached hydrogens (tertiary/aromatic N) is 2. The van der Waals surface area contributed by atoms with E-state index < -0.39 is 10.8 Å². The van der Waals surface area contributed by atoms with E-state index in [-0.39, 0.29) is 11.5 Å². The molecule has 0 aromatic heterocycles. The highest BCUT2D eigenvalue weighted by atomic mass is 16.3. The van der Waals surface area contributed by atoms with Crippen molar-refractivity contribution in [3.05, 3.63) is 22.7 Å². The van der Waals surface area contributed by atoms with E-state index in [1.165, 1.54) is 0 Å². The van der Waals surface area contributed by atoms with Gasteiger partial charge in [-0.2, -0.15) is 10.5 Å². The number of aliphatic hydroxyl groups is 2. The number of rotatable bonds is 0. The van der Waals surface area contributed by atoms with E-state index in [2.05, 4.69) is 0 Å². The Kier molecular flexibility index (Phi) is 1.85. The SMILES string of the molecule is C[C@@]12CC(C#N)=C(O)[C@]1(C)CC(C#N)=C2O. The smallest absolute Gasteiger partial charge is 0.113 e. The van der Waals surface area contributed by atoms with Crippen LogP contribution in [0.4, 0.5) is 0 Å². The number of allylic oxidation sites excluding steroid dienone is 4. The maximum Gasteiger partial charge on any atom is 0.113 e. The van der Waals surface area contributed by atoms with Crippen molar-refractivity contribution in [2.75, 3.05) is 0 Å². The number of hydrogen-bond acceptors (Lipinski definition) is 4. The summed E-state index contributed by atoms with van der Waals surface area (Å²) in [6, 6.07) is 3.92. The summed E-state index contributed by atoms with van der Waals surface area (Å²) in [5, 5.41) is 37.8. The number of hydrogen-bond donors (Lipinski definition) is 2. The molecule has 0 aliphatic heterocycles. The summed E-state index contributed by atoms with van der Waals surface area (Å²) in [7, 11) is 0. The normalized spacial score (nSPS) is 37.2. The van der Waals surface area contributed by atoms with E-state index in [4.69, 9.17) is 10.5 Å². The van der Waals surface area contributed by atoms with Crippen LogP contribution in [0.2, 0.25) is 0 Å². The number of nitriles is 2. The van der Waals surface area contributed by atoms with Gasteiger partial charge in [-0.15, -0.1) is 0 Å². The Morgan fingerprint density at radius 2 is 1.25 bits per heavy atom. The zero-order chi connectivity index (χ0) is 12.1. The van der Waals surface area contributed by atoms with Gasteiger partial charge in [0.25, 0.3) is 0 Å². The molecule has 4 heteroatoms. The van der Waals surface area contributed by atoms with Crippen molar-refractivity contribution in [2.24, 2.45) is 10.8 Å². The molecular formula is C12H12N2O2. The van der Waals surface area contributed by atoms with E-state index >= 15 is 0 Å². The number of fused-ring (bicyclic) bond motifs is 1. The van der Waals surface area contributed by atoms with Crippen LogP contribution in [0.15, 0.2) is 22.7 Å². The summed E-state index contributed by atoms with van der Waals surface area (Å²) >= 11 is 0. The lowest BCUT2D eigenvalue weighted by molar-refractivity contribution is 0.104. The molecule has 0 saturated heterocycles. The molecule has 2 aliphatic carbocycles. The third-order valence-electron chi connectivity index (χ3n) is 4.17. The highest BCUT2D eigenvalue weighted by molar-refractivity contribution is 5.49. The van der Waals surface area contributed by atoms with E-state index in [9.17, 15) is 10.2 Å². The summed E-state index contributed by atoms with van der Waals surface area (Å²) in [6.07, 6.45) is 0.589. The van der Waals surface area contributed by atoms with Gasteiger partial charge in [0, 0.05) is 10.8 Å². The van der Waals surface area contributed by atoms with Crippen molar-refractivity contribution >= 4 is 0 Å². The maximum absolute atomic E-state index is 10.0. The fraction of sp³-hybridized carbons (Fsp3) is 0.500. The zero-order valence-corrected chi connectivity index (χ0v) is 9.20. The molecule has 0 aromatic carbocycles. The van der Waals surface area contributed by atoms with E-state index in [1.807, 2.05) is 12.1 Å². The minimum atomic E-state index is -0.715. The lowest BCUT2D eigenvalue weighted by atomic mass is 9.68. The lowest BCUT2D eigenvalue weighted by Gasteiger charge is -2.34. The van der Waals surface area contributed by atoms with Crippen molar-refractivity contribution in [1.82, 2.24) is 0 Å². The standard InChI is InChI=1S/C12H12N2O2/c1-11-3-7(5-13)10(16)12(11,2)4-8(6-14)9(11)15/h15-16H,3-4H2,1-2H3/t11-,12-/m0/s1. The van der Waals surface area contributed by atoms with Gasteiger partial charge >= 0.3 is 0 Å². The summed E-state index contributed by atoms with van der Waals surface area (Å²) in [5.41, 5.74) is -0.803. The lowest BCUT2D eigenvalue weighted by Crippen LogP contribution is -2.32. The topological polar surface area (TPSA) is 88.0 Å². The molecule has 0 unspecified atom stereocenters. The summed E-state index contributed by atoms with van der Waals surface area (Å²) in [5.74, 6) is 0.0450. The molecule has 0 radical (unpaired) electrons. The van der Waals surface area contributed by atoms with Crippen molar-refractivity contribution in [3.8, 4) is 12.1 Å². The Labute approximate surface area is 93.7 Å². The Balaban J connectivity index is 2.60. The first kappa shape index (κ1) is 10.6. The van der Waals surface area contributed by atoms with Gasteiger partial charge < -0.3 is 10.2 Å². The predicted molar refractivity (Wildman–Crippen MR) is 56.0 cm³/mol. The first-order valence-corrected chi connectivity index (χ1v) is 5.06. The molecular weight excluding hydrogens is 204 g/mol. The summed E-state index contributed by atoms with van der Waals surface area (Å²) in [4.78, 5) is 0. The van der Waals surface area contributed by atoms with Gasteiger partial charge in [0.05, 0.1) is 23.3 Å². The van der Waals surface area contributed by atoms with Crippen LogP contribution in [0.5, 0.6) is 0 Å². The van der Waals surface area contributed by atoms with Crippen molar-refractivity contribution < 1.29 is 10.2 Å². The Bertz CT molecular complexity index is 470. The first-order valence-electron chi connectivity index (χ1n) is 5.06. The third-order valence-corrected chi connectivity index (χ3v) is 4.17. The van der Waals surface area contributed by atoms with Gasteiger partial charge in [-0.05, 0) is 12.8 Å². The molecule has 82 valence electrons. The monoisotopic (exact) mass is 216 g/mol. The average molecular weight is 216 g/mol. The fourth-order valence-electron chi connectivity index (χ4n) is 2.81. The van der Waals surface area contributed by atoms with Gasteiger partial charge in [0.15, 0.2) is 0 Å². The average Bonchev–Trinajstić information content (AvgIpc) is 2.58. The van der Waals surface area contributed by atoms with Gasteiger partial charge in [-0.3, -0.25) is 0 Å². The molecule has 0 bridgehead atoms. The molecule has 16 heavy (non-hydrogen) atoms. The molecule has 0 fully saturated rings. The van der Waals surface area contributed by atoms with Gasteiger partial charge in [0.1, 0.15) is 11.5 Å². The molecule has 0 spiro atoms. The first-order chi connectivity index (χ1) is 7.40. The van der Waals surface area contributed by atoms with Crippen LogP contribution in [0.3, 0.4) is 0 Å². The largest absolute Gasteiger partial charge is 0.511 e. The zero-order valence-electron chi connectivity index (χ0n) is 9.20. The molecule has 2 N–H and O–H groups in total. The minimum Gasteiger partial charge on any atom is -0.511 e. The highest BCUT2D eigenvalue weighted by Gasteiger charge is 2.61. The molecule has 2 rings (SSSR count). The van der Waals surface area contributed by atoms with Crippen molar-refractivity contribution in [3.63, 3.8) is 0 Å². The number of aliphatic hydroxyl groups excluding tert-OH is 2. The van der Waals surface area contributed by atoms with E-state index in [0.29, 0.717) is 24.0 Å². The van der Waals surface area contributed by atoms with E-state index in [1.54, 1.807) is 13.8 Å². The second kappa shape index (κ2) is 2.80. The third kappa shape index (κ3) is 0.875. The van der Waals surface area contributed by atoms with Crippen LogP contribution in [0.25, 0.3) is 0 Å². The predicted octanol–water partition coefficient (Wildman–Crippen LogP) is 2.48. The second-order valence-corrected chi connectivity index (χ2v) is 4.90. The molecule has 0 amide bonds. The van der Waals surface area contributed by atoms with Gasteiger partial charge in [-0.1, -0.05) is 13.8 Å². The Morgan fingerprint density at radius 1 is 0.938 bits per heavy atom. The van der Waals surface area contributed by atoms with Crippen LogP contribution >= 0.6 is 0 Å². The van der Waals surface area contributed by atoms with E-state index in [0.717, 1.165) is 0 Å². The Morgan fingerprint density at radius 3 is 1.50 bits per heavy atom. The van der Waals surface area contributed by atoms with Crippen molar-refractivity contribution in [1.29, 1.82) is 10.5 Å². The van der Waals surface area contributed by atoms with Crippen LogP contribution < -0.4 is 0 Å². The molecule has 2 atom stereocenters. The van der Waals surface area contributed by atoms with Gasteiger partial charge in [-0.25, -0.2) is 0 Å². The van der Waals surface area contributed by atoms with Crippen LogP contribution in [0, 0.1) is 33.5 Å². The highest BCUT2D eigenvalue weighted by Crippen LogP contribution is 2.65. The van der Waals surface area contributed by atoms with Crippen LogP contribution in [-0.4, -0.2) is 10.2 Å². The summed E-state index contributed by atoms with van der Waals surface area (Å²) in [6.45, 7) is 3.57. The molecule has 0 heterocycles. The van der Waals surface area contributed by atoms with Gasteiger partial charge in [0.2, 0.25) is 0 Å². The molecule has 0 aromatic rings. The summed E-state index contributed by atoms with van der Waals surface area (Å²) < 4.78 is 0. The Hall–Kier alpha value is -1.94. The van der Waals surface area contributed by atoms with Crippen LogP contribution in [0.1, 0.15) is 26.7 Å². The molecule has 0 saturated carbocycles. The van der Waals surface area contributed by atoms with Crippen LogP contribution in [-0.2, 0) is 0 Å². The van der Waals surface area contributed by atoms with Crippen molar-refractivity contribution in [2.45, 2.75) is 26.7 Å². The maximum atomic E-state index is 10.0. The minimum absolute atomic E-state index is 0.0225. The quantitative estimate of drug-likeness (QED) is 0.651. The molecule has 2 aliphatic rings. The second-order valence-electron chi connectivity index (χ2n) is 4.90. The fourth-order valence-corrected chi connectivity index (χ4v) is 2.81. The molecule has 4 nitrogen and oxygen atoms in total.